The van der Waals surface area contributed by atoms with E-state index in [4.69, 9.17) is 5.11 Å². The van der Waals surface area contributed by atoms with E-state index in [9.17, 15) is 14.9 Å². The van der Waals surface area contributed by atoms with E-state index in [0.717, 1.165) is 11.8 Å². The smallest absolute Gasteiger partial charge is 0.354 e. The van der Waals surface area contributed by atoms with Crippen LogP contribution in [0.2, 0.25) is 0 Å². The largest absolute Gasteiger partial charge is 0.477 e. The zero-order chi connectivity index (χ0) is 13.8. The first kappa shape index (κ1) is 13.0. The van der Waals surface area contributed by atoms with Gasteiger partial charge in [0.2, 0.25) is 0 Å². The van der Waals surface area contributed by atoms with Crippen molar-refractivity contribution in [1.82, 2.24) is 9.97 Å². The molecule has 0 amide bonds. The number of aromatic nitrogens is 2. The summed E-state index contributed by atoms with van der Waals surface area (Å²) in [6.07, 6.45) is 1.35. The van der Waals surface area contributed by atoms with Crippen LogP contribution in [0.4, 0.5) is 5.69 Å². The number of carboxylic acids is 1. The number of non-ortho nitro benzene ring substituents is 1. The van der Waals surface area contributed by atoms with E-state index < -0.39 is 10.9 Å². The molecule has 0 atom stereocenters. The van der Waals surface area contributed by atoms with Crippen LogP contribution in [0, 0.1) is 10.1 Å². The molecule has 7 nitrogen and oxygen atoms in total. The summed E-state index contributed by atoms with van der Waals surface area (Å²) < 4.78 is 0. The van der Waals surface area contributed by atoms with Crippen LogP contribution < -0.4 is 0 Å². The molecular formula is C11H7N3O4S. The van der Waals surface area contributed by atoms with Crippen molar-refractivity contribution in [3.8, 4) is 0 Å². The highest BCUT2D eigenvalue weighted by Gasteiger charge is 2.09. The summed E-state index contributed by atoms with van der Waals surface area (Å²) in [6, 6.07) is 7.13. The van der Waals surface area contributed by atoms with Gasteiger partial charge in [0.15, 0.2) is 10.9 Å². The van der Waals surface area contributed by atoms with Crippen molar-refractivity contribution in [3.63, 3.8) is 0 Å². The minimum atomic E-state index is -1.13. The van der Waals surface area contributed by atoms with Crippen LogP contribution >= 0.6 is 11.8 Å². The van der Waals surface area contributed by atoms with Gasteiger partial charge in [0, 0.05) is 23.2 Å². The van der Waals surface area contributed by atoms with Crippen LogP contribution in [-0.2, 0) is 0 Å². The third-order valence-electron chi connectivity index (χ3n) is 2.11. The highest BCUT2D eigenvalue weighted by Crippen LogP contribution is 2.26. The molecule has 0 aliphatic heterocycles. The summed E-state index contributed by atoms with van der Waals surface area (Å²) in [6.45, 7) is 0. The highest BCUT2D eigenvalue weighted by atomic mass is 32.2. The Labute approximate surface area is 111 Å². The highest BCUT2D eigenvalue weighted by molar-refractivity contribution is 7.99. The lowest BCUT2D eigenvalue weighted by Gasteiger charge is -2.00. The molecule has 1 heterocycles. The van der Waals surface area contributed by atoms with E-state index in [0.29, 0.717) is 4.90 Å². The maximum Gasteiger partial charge on any atom is 0.354 e. The molecule has 0 radical (unpaired) electrons. The molecule has 0 aliphatic carbocycles. The van der Waals surface area contributed by atoms with E-state index in [-0.39, 0.29) is 16.5 Å². The van der Waals surface area contributed by atoms with E-state index in [1.807, 2.05) is 0 Å². The van der Waals surface area contributed by atoms with Crippen LogP contribution in [0.25, 0.3) is 0 Å². The van der Waals surface area contributed by atoms with Crippen LogP contribution in [0.15, 0.2) is 46.6 Å². The maximum atomic E-state index is 10.8. The molecule has 0 saturated carbocycles. The van der Waals surface area contributed by atoms with E-state index in [2.05, 4.69) is 9.97 Å². The van der Waals surface area contributed by atoms with Crippen molar-refractivity contribution in [1.29, 1.82) is 0 Å². The molecule has 0 fully saturated rings. The Morgan fingerprint density at radius 3 is 2.53 bits per heavy atom. The quantitative estimate of drug-likeness (QED) is 0.518. The first-order chi connectivity index (χ1) is 9.06. The van der Waals surface area contributed by atoms with E-state index >= 15 is 0 Å². The van der Waals surface area contributed by atoms with Crippen molar-refractivity contribution in [2.75, 3.05) is 0 Å². The van der Waals surface area contributed by atoms with Gasteiger partial charge in [0.25, 0.3) is 5.69 Å². The number of carbonyl (C=O) groups is 1. The zero-order valence-electron chi connectivity index (χ0n) is 9.39. The molecule has 2 rings (SSSR count). The van der Waals surface area contributed by atoms with Gasteiger partial charge in [-0.05, 0) is 30.0 Å². The topological polar surface area (TPSA) is 106 Å². The van der Waals surface area contributed by atoms with Crippen molar-refractivity contribution in [3.05, 3.63) is 52.3 Å². The number of rotatable bonds is 4. The van der Waals surface area contributed by atoms with Gasteiger partial charge in [-0.1, -0.05) is 0 Å². The lowest BCUT2D eigenvalue weighted by molar-refractivity contribution is -0.384. The monoisotopic (exact) mass is 277 g/mol. The van der Waals surface area contributed by atoms with Gasteiger partial charge >= 0.3 is 5.97 Å². The minimum Gasteiger partial charge on any atom is -0.477 e. The van der Waals surface area contributed by atoms with E-state index in [1.165, 1.54) is 24.4 Å². The Morgan fingerprint density at radius 1 is 1.26 bits per heavy atom. The lowest BCUT2D eigenvalue weighted by Crippen LogP contribution is -2.01. The first-order valence-corrected chi connectivity index (χ1v) is 5.86. The van der Waals surface area contributed by atoms with Gasteiger partial charge in [-0.2, -0.15) is 0 Å². The molecule has 1 aromatic heterocycles. The second-order valence-electron chi connectivity index (χ2n) is 3.38. The molecular weight excluding hydrogens is 270 g/mol. The third kappa shape index (κ3) is 3.26. The molecule has 96 valence electrons. The number of hydrogen-bond donors (Lipinski definition) is 1. The second-order valence-corrected chi connectivity index (χ2v) is 4.42. The Hall–Kier alpha value is -2.48. The molecule has 8 heteroatoms. The second kappa shape index (κ2) is 5.44. The van der Waals surface area contributed by atoms with Gasteiger partial charge in [-0.3, -0.25) is 10.1 Å². The predicted octanol–water partition coefficient (Wildman–Crippen LogP) is 2.23. The average molecular weight is 277 g/mol. The van der Waals surface area contributed by atoms with Crippen molar-refractivity contribution in [2.24, 2.45) is 0 Å². The average Bonchev–Trinajstić information content (AvgIpc) is 2.39. The summed E-state index contributed by atoms with van der Waals surface area (Å²) in [5.74, 6) is -1.13. The molecule has 0 spiro atoms. The number of aromatic carboxylic acids is 1. The van der Waals surface area contributed by atoms with Gasteiger partial charge in [0.1, 0.15) is 0 Å². The maximum absolute atomic E-state index is 10.8. The summed E-state index contributed by atoms with van der Waals surface area (Å²) in [7, 11) is 0. The normalized spacial score (nSPS) is 10.1. The standard InChI is InChI=1S/C11H7N3O4S/c15-10(16)9-5-6-12-11(13-9)19-8-3-1-7(2-4-8)14(17)18/h1-6H,(H,15,16). The number of nitrogens with zero attached hydrogens (tertiary/aromatic N) is 3. The molecule has 0 unspecified atom stereocenters. The van der Waals surface area contributed by atoms with Crippen LogP contribution in [0.1, 0.15) is 10.5 Å². The third-order valence-corrected chi connectivity index (χ3v) is 3.00. The summed E-state index contributed by atoms with van der Waals surface area (Å²) in [5, 5.41) is 19.6. The SMILES string of the molecule is O=C(O)c1ccnc(Sc2ccc([N+](=O)[O-])cc2)n1. The number of nitro groups is 1. The molecule has 0 saturated heterocycles. The zero-order valence-corrected chi connectivity index (χ0v) is 10.2. The molecule has 2 aromatic rings. The molecule has 19 heavy (non-hydrogen) atoms. The molecule has 1 aromatic carbocycles. The molecule has 1 N–H and O–H groups in total. The van der Waals surface area contributed by atoms with Gasteiger partial charge in [-0.15, -0.1) is 0 Å². The lowest BCUT2D eigenvalue weighted by atomic mass is 10.3. The minimum absolute atomic E-state index is 0.00967. The van der Waals surface area contributed by atoms with Crippen molar-refractivity contribution >= 4 is 23.4 Å². The predicted molar refractivity (Wildman–Crippen MR) is 66.2 cm³/mol. The summed E-state index contributed by atoms with van der Waals surface area (Å²) >= 11 is 1.13. The van der Waals surface area contributed by atoms with Gasteiger partial charge in [-0.25, -0.2) is 14.8 Å². The number of nitro benzene ring substituents is 1. The van der Waals surface area contributed by atoms with Crippen molar-refractivity contribution < 1.29 is 14.8 Å². The fraction of sp³-hybridized carbons (Fsp3) is 0. The Balaban J connectivity index is 2.19. The number of carboxylic acid groups (broad SMARTS) is 1. The van der Waals surface area contributed by atoms with Crippen LogP contribution in [-0.4, -0.2) is 26.0 Å². The van der Waals surface area contributed by atoms with Gasteiger partial charge < -0.3 is 5.11 Å². The molecule has 0 bridgehead atoms. The number of benzene rings is 1. The van der Waals surface area contributed by atoms with Crippen LogP contribution in [0.3, 0.4) is 0 Å². The molecule has 0 aliphatic rings. The summed E-state index contributed by atoms with van der Waals surface area (Å²) in [4.78, 5) is 29.2. The first-order valence-electron chi connectivity index (χ1n) is 5.05. The van der Waals surface area contributed by atoms with Gasteiger partial charge in [0.05, 0.1) is 4.92 Å². The number of hydrogen-bond acceptors (Lipinski definition) is 6. The Morgan fingerprint density at radius 2 is 1.95 bits per heavy atom. The Kier molecular flexibility index (Phi) is 3.71. The fourth-order valence-corrected chi connectivity index (χ4v) is 1.99. The Bertz CT molecular complexity index is 630. The fourth-order valence-electron chi connectivity index (χ4n) is 1.25. The van der Waals surface area contributed by atoms with Crippen LogP contribution in [0.5, 0.6) is 0 Å². The van der Waals surface area contributed by atoms with E-state index in [1.54, 1.807) is 12.1 Å². The van der Waals surface area contributed by atoms with Crippen molar-refractivity contribution in [2.45, 2.75) is 10.1 Å². The summed E-state index contributed by atoms with van der Waals surface area (Å²) in [5.41, 5.74) is -0.107.